The molecule has 51 heavy (non-hydrogen) atoms. The highest BCUT2D eigenvalue weighted by Crippen LogP contribution is 2.48. The Morgan fingerprint density at radius 1 is 0.980 bits per heavy atom. The van der Waals surface area contributed by atoms with Crippen molar-refractivity contribution < 1.29 is 26.7 Å². The monoisotopic (exact) mass is 706 g/mol. The number of aryl methyl sites for hydroxylation is 1. The fraction of sp³-hybridized carbons (Fsp3) is 0.564. The molecule has 4 aliphatic heterocycles. The van der Waals surface area contributed by atoms with Gasteiger partial charge in [-0.15, -0.1) is 0 Å². The minimum Gasteiger partial charge on any atom is -0.463 e. The van der Waals surface area contributed by atoms with E-state index in [9.17, 15) is 13.2 Å². The molecule has 3 saturated heterocycles. The standard InChI is InChI=1S/C39H43F5N6O/c1-3-25-27(40)9-7-22-5-4-6-26(30(22)25)33-32(41)34-31-29(46-33)17-21(2)35-28-10-8-24(45-28)18-50(35)36(31)48-37(47-34)51-20-38(13-14-38)19-49-15-11-23(12-16-49)39(42,43)44/h4-7,9,21,23-24,28,35,45H,3,8,10-20H2,1-2H3/t21-,24+,28-,35-/m0/s1. The Morgan fingerprint density at radius 2 is 1.78 bits per heavy atom. The maximum atomic E-state index is 17.2. The molecule has 1 N–H and O–H groups in total. The fourth-order valence-corrected chi connectivity index (χ4v) is 9.61. The number of nitrogens with one attached hydrogen (secondary N) is 1. The van der Waals surface area contributed by atoms with Crippen molar-refractivity contribution in [2.24, 2.45) is 17.3 Å². The molecule has 0 amide bonds. The smallest absolute Gasteiger partial charge is 0.391 e. The second-order valence-electron chi connectivity index (χ2n) is 15.8. The molecule has 4 fully saturated rings. The summed E-state index contributed by atoms with van der Waals surface area (Å²) < 4.78 is 78.7. The topological polar surface area (TPSA) is 66.4 Å². The van der Waals surface area contributed by atoms with Crippen LogP contribution in [-0.2, 0) is 12.8 Å². The quantitative estimate of drug-likeness (QED) is 0.199. The first kappa shape index (κ1) is 33.2. The number of hydrogen-bond donors (Lipinski definition) is 1. The van der Waals surface area contributed by atoms with Crippen LogP contribution in [0.4, 0.5) is 27.8 Å². The summed E-state index contributed by atoms with van der Waals surface area (Å²) in [6.45, 7) is 6.64. The molecule has 4 aromatic rings. The number of piperazine rings is 1. The number of likely N-dealkylation sites (tertiary alicyclic amines) is 1. The average molecular weight is 707 g/mol. The highest BCUT2D eigenvalue weighted by atomic mass is 19.4. The van der Waals surface area contributed by atoms with Gasteiger partial charge in [-0.05, 0) is 92.8 Å². The number of benzene rings is 2. The number of fused-ring (bicyclic) bond motifs is 6. The Bertz CT molecular complexity index is 2010. The summed E-state index contributed by atoms with van der Waals surface area (Å²) in [4.78, 5) is 19.3. The summed E-state index contributed by atoms with van der Waals surface area (Å²) in [5, 5.41) is 5.87. The number of pyridine rings is 1. The number of rotatable bonds is 7. The van der Waals surface area contributed by atoms with Gasteiger partial charge < -0.3 is 19.9 Å². The summed E-state index contributed by atoms with van der Waals surface area (Å²) in [6, 6.07) is 9.56. The van der Waals surface area contributed by atoms with E-state index >= 15 is 8.78 Å². The second kappa shape index (κ2) is 12.2. The lowest BCUT2D eigenvalue weighted by molar-refractivity contribution is -0.185. The molecule has 7 nitrogen and oxygen atoms in total. The third-order valence-electron chi connectivity index (χ3n) is 12.4. The van der Waals surface area contributed by atoms with Crippen LogP contribution in [0.15, 0.2) is 30.3 Å². The van der Waals surface area contributed by atoms with Gasteiger partial charge in [0.1, 0.15) is 22.8 Å². The van der Waals surface area contributed by atoms with Crippen LogP contribution in [0.2, 0.25) is 0 Å². The molecule has 270 valence electrons. The Balaban J connectivity index is 1.12. The highest BCUT2D eigenvalue weighted by molar-refractivity contribution is 6.01. The predicted octanol–water partition coefficient (Wildman–Crippen LogP) is 7.62. The molecule has 0 unspecified atom stereocenters. The summed E-state index contributed by atoms with van der Waals surface area (Å²) in [5.74, 6) is -1.32. The van der Waals surface area contributed by atoms with Crippen molar-refractivity contribution in [3.63, 3.8) is 0 Å². The van der Waals surface area contributed by atoms with Gasteiger partial charge in [-0.2, -0.15) is 23.1 Å². The number of halogens is 5. The molecule has 12 heteroatoms. The predicted molar refractivity (Wildman–Crippen MR) is 186 cm³/mol. The van der Waals surface area contributed by atoms with Crippen LogP contribution in [0.5, 0.6) is 6.01 Å². The maximum absolute atomic E-state index is 17.2. The van der Waals surface area contributed by atoms with E-state index in [0.717, 1.165) is 43.3 Å². The Hall–Kier alpha value is -3.64. The number of alkyl halides is 3. The third-order valence-corrected chi connectivity index (χ3v) is 12.4. The molecule has 2 aromatic heterocycles. The van der Waals surface area contributed by atoms with Crippen molar-refractivity contribution in [1.29, 1.82) is 0 Å². The molecule has 0 radical (unpaired) electrons. The number of nitrogens with zero attached hydrogens (tertiary/aromatic N) is 5. The van der Waals surface area contributed by atoms with Gasteiger partial charge in [0.05, 0.1) is 23.6 Å². The van der Waals surface area contributed by atoms with E-state index in [1.54, 1.807) is 6.07 Å². The van der Waals surface area contributed by atoms with Gasteiger partial charge in [0.2, 0.25) is 0 Å². The van der Waals surface area contributed by atoms with Crippen molar-refractivity contribution in [3.8, 4) is 17.3 Å². The van der Waals surface area contributed by atoms with Crippen LogP contribution in [-0.4, -0.2) is 76.9 Å². The summed E-state index contributed by atoms with van der Waals surface area (Å²) in [7, 11) is 0. The van der Waals surface area contributed by atoms with Crippen LogP contribution in [0.1, 0.15) is 63.6 Å². The normalized spacial score (nSPS) is 26.1. The summed E-state index contributed by atoms with van der Waals surface area (Å²) in [5.41, 5.74) is 1.88. The molecule has 2 aromatic carbocycles. The molecule has 1 saturated carbocycles. The largest absolute Gasteiger partial charge is 0.463 e. The molecular weight excluding hydrogens is 663 g/mol. The average Bonchev–Trinajstić information content (AvgIpc) is 3.80. The van der Waals surface area contributed by atoms with Crippen LogP contribution in [0.3, 0.4) is 0 Å². The Labute approximate surface area is 294 Å². The van der Waals surface area contributed by atoms with E-state index in [1.165, 1.54) is 6.07 Å². The van der Waals surface area contributed by atoms with Crippen molar-refractivity contribution in [3.05, 3.63) is 53.2 Å². The number of ether oxygens (including phenoxy) is 1. The highest BCUT2D eigenvalue weighted by Gasteiger charge is 2.48. The van der Waals surface area contributed by atoms with Gasteiger partial charge in [0.15, 0.2) is 5.82 Å². The zero-order valence-corrected chi connectivity index (χ0v) is 29.0. The maximum Gasteiger partial charge on any atom is 0.391 e. The molecule has 9 rings (SSSR count). The molecule has 5 aliphatic rings. The lowest BCUT2D eigenvalue weighted by Crippen LogP contribution is -2.60. The SMILES string of the molecule is CCc1c(F)ccc2cccc(-c3nc4c5c(nc(OCC6(CN7CCC(C(F)(F)F)CC7)CC6)nc5c3F)N3C[C@H]5CC[C@H](N5)[C@@H]3[C@@H](C)C4)c12. The number of aromatic nitrogens is 3. The van der Waals surface area contributed by atoms with Crippen molar-refractivity contribution >= 4 is 27.5 Å². The Morgan fingerprint density at radius 3 is 2.53 bits per heavy atom. The molecule has 0 spiro atoms. The molecule has 2 bridgehead atoms. The van der Waals surface area contributed by atoms with E-state index in [2.05, 4.69) is 22.0 Å². The first-order valence-electron chi connectivity index (χ1n) is 18.6. The lowest BCUT2D eigenvalue weighted by atomic mass is 9.89. The number of hydrogen-bond acceptors (Lipinski definition) is 7. The zero-order valence-electron chi connectivity index (χ0n) is 29.0. The Kier molecular flexibility index (Phi) is 7.96. The molecular formula is C39H43F5N6O. The first-order valence-corrected chi connectivity index (χ1v) is 18.6. The minimum absolute atomic E-state index is 0.0962. The van der Waals surface area contributed by atoms with Crippen molar-refractivity contribution in [2.75, 3.05) is 37.7 Å². The van der Waals surface area contributed by atoms with Crippen molar-refractivity contribution in [2.45, 2.75) is 89.5 Å². The molecule has 4 atom stereocenters. The van der Waals surface area contributed by atoms with Crippen LogP contribution in [0.25, 0.3) is 32.9 Å². The van der Waals surface area contributed by atoms with Gasteiger partial charge in [-0.25, -0.2) is 13.8 Å². The van der Waals surface area contributed by atoms with E-state index in [1.807, 2.05) is 25.1 Å². The van der Waals surface area contributed by atoms with E-state index in [4.69, 9.17) is 19.7 Å². The summed E-state index contributed by atoms with van der Waals surface area (Å²) >= 11 is 0. The second-order valence-corrected chi connectivity index (χ2v) is 15.8. The minimum atomic E-state index is -4.15. The molecule has 1 aliphatic carbocycles. The van der Waals surface area contributed by atoms with E-state index in [0.29, 0.717) is 72.8 Å². The summed E-state index contributed by atoms with van der Waals surface area (Å²) in [6.07, 6.45) is 1.06. The lowest BCUT2D eigenvalue weighted by Gasteiger charge is -2.43. The van der Waals surface area contributed by atoms with E-state index < -0.39 is 17.9 Å². The molecule has 6 heterocycles. The first-order chi connectivity index (χ1) is 24.5. The van der Waals surface area contributed by atoms with Gasteiger partial charge >= 0.3 is 12.2 Å². The van der Waals surface area contributed by atoms with Crippen LogP contribution >= 0.6 is 0 Å². The van der Waals surface area contributed by atoms with Gasteiger partial charge in [-0.3, -0.25) is 0 Å². The van der Waals surface area contributed by atoms with E-state index in [-0.39, 0.29) is 59.3 Å². The number of piperidine rings is 1. The zero-order chi connectivity index (χ0) is 35.2. The van der Waals surface area contributed by atoms with Crippen LogP contribution in [0, 0.1) is 28.9 Å². The third kappa shape index (κ3) is 5.71. The van der Waals surface area contributed by atoms with Crippen LogP contribution < -0.4 is 15.0 Å². The number of anilines is 1. The van der Waals surface area contributed by atoms with Gasteiger partial charge in [0, 0.05) is 42.2 Å². The fourth-order valence-electron chi connectivity index (χ4n) is 9.61. The van der Waals surface area contributed by atoms with Crippen molar-refractivity contribution in [1.82, 2.24) is 25.2 Å². The van der Waals surface area contributed by atoms with Gasteiger partial charge in [-0.1, -0.05) is 38.1 Å². The van der Waals surface area contributed by atoms with Gasteiger partial charge in [0.25, 0.3) is 0 Å².